The van der Waals surface area contributed by atoms with E-state index >= 15 is 0 Å². The first-order chi connectivity index (χ1) is 12.2. The van der Waals surface area contributed by atoms with Crippen LogP contribution >= 0.6 is 0 Å². The summed E-state index contributed by atoms with van der Waals surface area (Å²) in [5.74, 6) is -0.359. The number of esters is 1. The van der Waals surface area contributed by atoms with E-state index in [0.717, 1.165) is 5.57 Å². The lowest BCUT2D eigenvalue weighted by atomic mass is 10.0. The number of nitrogens with zero attached hydrogens (tertiary/aromatic N) is 1. The van der Waals surface area contributed by atoms with Crippen LogP contribution in [0.5, 0.6) is 0 Å². The lowest BCUT2D eigenvalue weighted by Crippen LogP contribution is -2.52. The second-order valence-corrected chi connectivity index (χ2v) is 14.3. The highest BCUT2D eigenvalue weighted by molar-refractivity contribution is 6.74. The molecule has 1 aliphatic heterocycles. The van der Waals surface area contributed by atoms with Crippen molar-refractivity contribution in [3.8, 4) is 0 Å². The van der Waals surface area contributed by atoms with E-state index in [4.69, 9.17) is 13.9 Å². The summed E-state index contributed by atoms with van der Waals surface area (Å²) in [6.07, 6.45) is 1.43. The van der Waals surface area contributed by atoms with Gasteiger partial charge in [-0.15, -0.1) is 0 Å². The van der Waals surface area contributed by atoms with Crippen LogP contribution in [0.4, 0.5) is 4.79 Å². The van der Waals surface area contributed by atoms with Crippen LogP contribution in [0.15, 0.2) is 11.6 Å². The second kappa shape index (κ2) is 8.77. The molecule has 0 aliphatic carbocycles. The number of hydrogen-bond acceptors (Lipinski definition) is 5. The van der Waals surface area contributed by atoms with Gasteiger partial charge >= 0.3 is 12.1 Å². The first kappa shape index (κ1) is 23.7. The summed E-state index contributed by atoms with van der Waals surface area (Å²) in [5, 5.41) is 0.0240. The van der Waals surface area contributed by atoms with Gasteiger partial charge in [0.15, 0.2) is 8.32 Å². The maximum Gasteiger partial charge on any atom is 0.410 e. The van der Waals surface area contributed by atoms with Crippen LogP contribution in [0.2, 0.25) is 18.1 Å². The molecule has 1 amide bonds. The Morgan fingerprint density at radius 2 is 1.78 bits per heavy atom. The van der Waals surface area contributed by atoms with Gasteiger partial charge in [0.05, 0.1) is 19.3 Å². The molecular weight excluding hydrogens is 362 g/mol. The quantitative estimate of drug-likeness (QED) is 0.395. The van der Waals surface area contributed by atoms with Crippen LogP contribution in [0.25, 0.3) is 0 Å². The topological polar surface area (TPSA) is 65.1 Å². The van der Waals surface area contributed by atoms with Gasteiger partial charge in [-0.3, -0.25) is 0 Å². The number of piperidine rings is 1. The second-order valence-electron chi connectivity index (χ2n) is 9.51. The summed E-state index contributed by atoms with van der Waals surface area (Å²) < 4.78 is 17.1. The molecule has 0 aromatic rings. The zero-order valence-corrected chi connectivity index (χ0v) is 19.5. The average molecular weight is 400 g/mol. The summed E-state index contributed by atoms with van der Waals surface area (Å²) in [5.41, 5.74) is 0.339. The van der Waals surface area contributed by atoms with Crippen LogP contribution in [0.3, 0.4) is 0 Å². The van der Waals surface area contributed by atoms with Crippen molar-refractivity contribution in [2.45, 2.75) is 84.7 Å². The minimum atomic E-state index is -2.09. The van der Waals surface area contributed by atoms with Crippen LogP contribution in [-0.4, -0.2) is 56.7 Å². The van der Waals surface area contributed by atoms with Crippen molar-refractivity contribution in [3.05, 3.63) is 11.6 Å². The molecule has 0 saturated carbocycles. The highest BCUT2D eigenvalue weighted by atomic mass is 28.4. The maximum absolute atomic E-state index is 12.5. The van der Waals surface area contributed by atoms with Crippen molar-refractivity contribution in [2.24, 2.45) is 0 Å². The Bertz CT molecular complexity index is 572. The lowest BCUT2D eigenvalue weighted by Gasteiger charge is -2.43. The fraction of sp³-hybridized carbons (Fsp3) is 0.800. The number of carbonyl (C=O) groups is 2. The number of ether oxygens (including phenoxy) is 2. The van der Waals surface area contributed by atoms with Gasteiger partial charge in [0, 0.05) is 12.6 Å². The molecule has 0 aromatic carbocycles. The highest BCUT2D eigenvalue weighted by Gasteiger charge is 2.42. The van der Waals surface area contributed by atoms with E-state index in [9.17, 15) is 9.59 Å². The minimum Gasteiger partial charge on any atom is -0.463 e. The Balaban J connectivity index is 3.05. The van der Waals surface area contributed by atoms with E-state index in [-0.39, 0.29) is 23.2 Å². The third-order valence-electron chi connectivity index (χ3n) is 4.95. The van der Waals surface area contributed by atoms with E-state index < -0.39 is 13.9 Å². The molecule has 1 fully saturated rings. The Hall–Kier alpha value is -1.34. The summed E-state index contributed by atoms with van der Waals surface area (Å²) in [7, 11) is -2.09. The fourth-order valence-corrected chi connectivity index (χ4v) is 3.76. The number of rotatable bonds is 4. The molecule has 1 saturated heterocycles. The number of hydrogen-bond donors (Lipinski definition) is 0. The normalized spacial score (nSPS) is 20.6. The molecular formula is C20H37NO5Si. The van der Waals surface area contributed by atoms with Crippen molar-refractivity contribution in [2.75, 3.05) is 19.7 Å². The monoisotopic (exact) mass is 399 g/mol. The smallest absolute Gasteiger partial charge is 0.410 e. The van der Waals surface area contributed by atoms with Gasteiger partial charge in [-0.1, -0.05) is 20.8 Å². The number of carbonyl (C=O) groups excluding carboxylic acids is 2. The fourth-order valence-electron chi connectivity index (χ4n) is 2.47. The van der Waals surface area contributed by atoms with E-state index in [1.54, 1.807) is 11.8 Å². The molecule has 0 bridgehead atoms. The molecule has 1 aliphatic rings. The minimum absolute atomic E-state index is 0.0240. The van der Waals surface area contributed by atoms with Gasteiger partial charge < -0.3 is 18.8 Å². The first-order valence-corrected chi connectivity index (χ1v) is 12.6. The Labute approximate surface area is 165 Å². The molecule has 27 heavy (non-hydrogen) atoms. The zero-order valence-electron chi connectivity index (χ0n) is 18.5. The molecule has 0 aromatic heterocycles. The van der Waals surface area contributed by atoms with Crippen LogP contribution < -0.4 is 0 Å². The van der Waals surface area contributed by atoms with Gasteiger partial charge in [-0.2, -0.15) is 0 Å². The third-order valence-corrected chi connectivity index (χ3v) is 9.44. The molecule has 0 spiro atoms. The molecule has 1 rings (SSSR count). The Morgan fingerprint density at radius 3 is 2.26 bits per heavy atom. The van der Waals surface area contributed by atoms with E-state index in [2.05, 4.69) is 33.9 Å². The van der Waals surface area contributed by atoms with Crippen molar-refractivity contribution >= 4 is 20.4 Å². The van der Waals surface area contributed by atoms with Crippen LogP contribution in [0.1, 0.15) is 54.9 Å². The standard InChI is InChI=1S/C20H37NO5Si/c1-10-24-17(22)13-15-11-12-21(18(23)25-19(2,3)4)14-16(15)26-27(8,9)20(5,6)7/h13,16H,10-12,14H2,1-9H3/b15-13+. The van der Waals surface area contributed by atoms with Crippen molar-refractivity contribution in [3.63, 3.8) is 0 Å². The molecule has 0 N–H and O–H groups in total. The highest BCUT2D eigenvalue weighted by Crippen LogP contribution is 2.39. The molecule has 156 valence electrons. The Morgan fingerprint density at radius 1 is 1.19 bits per heavy atom. The summed E-state index contributed by atoms with van der Waals surface area (Å²) in [6.45, 7) is 19.4. The lowest BCUT2D eigenvalue weighted by molar-refractivity contribution is -0.137. The first-order valence-electron chi connectivity index (χ1n) is 9.69. The SMILES string of the molecule is CCOC(=O)/C=C1\CCN(C(=O)OC(C)(C)C)CC1O[Si](C)(C)C(C)(C)C. The molecule has 6 nitrogen and oxygen atoms in total. The molecule has 1 heterocycles. The molecule has 1 atom stereocenters. The summed E-state index contributed by atoms with van der Waals surface area (Å²) in [4.78, 5) is 26.1. The maximum atomic E-state index is 12.5. The third kappa shape index (κ3) is 7.29. The van der Waals surface area contributed by atoms with Gasteiger partial charge in [0.1, 0.15) is 5.60 Å². The predicted molar refractivity (Wildman–Crippen MR) is 109 cm³/mol. The van der Waals surface area contributed by atoms with E-state index in [1.165, 1.54) is 6.08 Å². The summed E-state index contributed by atoms with van der Waals surface area (Å²) >= 11 is 0. The zero-order chi connectivity index (χ0) is 21.0. The van der Waals surface area contributed by atoms with Crippen LogP contribution in [0, 0.1) is 0 Å². The number of likely N-dealkylation sites (tertiary alicyclic amines) is 1. The largest absolute Gasteiger partial charge is 0.463 e. The average Bonchev–Trinajstić information content (AvgIpc) is 2.46. The predicted octanol–water partition coefficient (Wildman–Crippen LogP) is 4.51. The molecule has 0 radical (unpaired) electrons. The number of amides is 1. The van der Waals surface area contributed by atoms with Crippen LogP contribution in [-0.2, 0) is 18.7 Å². The van der Waals surface area contributed by atoms with Gasteiger partial charge in [0.25, 0.3) is 0 Å². The van der Waals surface area contributed by atoms with E-state index in [0.29, 0.717) is 26.1 Å². The van der Waals surface area contributed by atoms with Crippen molar-refractivity contribution in [1.82, 2.24) is 4.90 Å². The summed E-state index contributed by atoms with van der Waals surface area (Å²) in [6, 6.07) is 0. The molecule has 1 unspecified atom stereocenters. The molecule has 7 heteroatoms. The van der Waals surface area contributed by atoms with Crippen molar-refractivity contribution < 1.29 is 23.5 Å². The van der Waals surface area contributed by atoms with Crippen molar-refractivity contribution in [1.29, 1.82) is 0 Å². The van der Waals surface area contributed by atoms with E-state index in [1.807, 2.05) is 20.8 Å². The Kier molecular flexibility index (Phi) is 7.70. The van der Waals surface area contributed by atoms with Gasteiger partial charge in [-0.25, -0.2) is 9.59 Å². The van der Waals surface area contributed by atoms with Gasteiger partial charge in [0.2, 0.25) is 0 Å². The van der Waals surface area contributed by atoms with Gasteiger partial charge in [-0.05, 0) is 57.8 Å².